The van der Waals surface area contributed by atoms with E-state index in [-0.39, 0.29) is 5.82 Å². The maximum Gasteiger partial charge on any atom is 0.123 e. The topological polar surface area (TPSA) is 50.7 Å². The summed E-state index contributed by atoms with van der Waals surface area (Å²) < 4.78 is 13.6. The van der Waals surface area contributed by atoms with Gasteiger partial charge < -0.3 is 5.32 Å². The Bertz CT molecular complexity index is 1050. The molecule has 138 valence electrons. The summed E-state index contributed by atoms with van der Waals surface area (Å²) in [6, 6.07) is 16.5. The van der Waals surface area contributed by atoms with Gasteiger partial charge >= 0.3 is 0 Å². The summed E-state index contributed by atoms with van der Waals surface area (Å²) in [5, 5.41) is 3.46. The third-order valence-electron chi connectivity index (χ3n) is 4.47. The number of pyridine rings is 3. The largest absolute Gasteiger partial charge is 0.309 e. The number of nitrogens with one attached hydrogen (secondary N) is 1. The third kappa shape index (κ3) is 4.27. The summed E-state index contributed by atoms with van der Waals surface area (Å²) in [6.45, 7) is 1.36. The minimum absolute atomic E-state index is 0.256. The molecule has 0 spiro atoms. The number of rotatable bonds is 6. The normalized spacial score (nSPS) is 10.8. The number of nitrogens with zero attached hydrogens (tertiary/aromatic N) is 3. The molecule has 0 aliphatic heterocycles. The van der Waals surface area contributed by atoms with E-state index in [1.54, 1.807) is 37.1 Å². The molecule has 0 saturated carbocycles. The molecule has 0 aliphatic carbocycles. The molecule has 1 aromatic carbocycles. The van der Waals surface area contributed by atoms with E-state index in [0.717, 1.165) is 40.1 Å². The Balaban J connectivity index is 1.64. The highest BCUT2D eigenvalue weighted by Crippen LogP contribution is 2.27. The van der Waals surface area contributed by atoms with Crippen LogP contribution in [0, 0.1) is 5.82 Å². The standard InChI is InChI=1S/C23H19FN4/c24-22-3-1-2-19(13-22)20-12-21(15-27-14-17-4-8-25-9-5-17)23(28-16-20)18-6-10-26-11-7-18/h1-13,16,27H,14-15H2. The lowest BCUT2D eigenvalue weighted by Crippen LogP contribution is -2.14. The molecule has 0 fully saturated rings. The van der Waals surface area contributed by atoms with E-state index in [1.165, 1.54) is 12.1 Å². The molecule has 0 bridgehead atoms. The van der Waals surface area contributed by atoms with E-state index in [1.807, 2.05) is 30.3 Å². The number of hydrogen-bond donors (Lipinski definition) is 1. The highest BCUT2D eigenvalue weighted by Gasteiger charge is 2.10. The van der Waals surface area contributed by atoms with Crippen molar-refractivity contribution in [3.8, 4) is 22.4 Å². The van der Waals surface area contributed by atoms with Crippen molar-refractivity contribution in [3.63, 3.8) is 0 Å². The van der Waals surface area contributed by atoms with Crippen molar-refractivity contribution in [2.75, 3.05) is 0 Å². The lowest BCUT2D eigenvalue weighted by molar-refractivity contribution is 0.628. The summed E-state index contributed by atoms with van der Waals surface area (Å²) in [5.74, 6) is -0.256. The van der Waals surface area contributed by atoms with E-state index in [9.17, 15) is 4.39 Å². The van der Waals surface area contributed by atoms with Crippen LogP contribution in [0.25, 0.3) is 22.4 Å². The summed E-state index contributed by atoms with van der Waals surface area (Å²) >= 11 is 0. The van der Waals surface area contributed by atoms with Gasteiger partial charge in [-0.3, -0.25) is 15.0 Å². The molecular weight excluding hydrogens is 351 g/mol. The molecular formula is C23H19FN4. The van der Waals surface area contributed by atoms with E-state index < -0.39 is 0 Å². The molecule has 4 nitrogen and oxygen atoms in total. The van der Waals surface area contributed by atoms with Crippen molar-refractivity contribution in [1.29, 1.82) is 0 Å². The highest BCUT2D eigenvalue weighted by molar-refractivity contribution is 5.69. The second kappa shape index (κ2) is 8.50. The van der Waals surface area contributed by atoms with Crippen molar-refractivity contribution >= 4 is 0 Å². The molecule has 4 rings (SSSR count). The summed E-state index contributed by atoms with van der Waals surface area (Å²) in [6.07, 6.45) is 8.87. The molecule has 1 N–H and O–H groups in total. The zero-order chi connectivity index (χ0) is 19.2. The molecule has 0 amide bonds. The third-order valence-corrected chi connectivity index (χ3v) is 4.47. The van der Waals surface area contributed by atoms with Crippen molar-refractivity contribution in [2.24, 2.45) is 0 Å². The second-order valence-electron chi connectivity index (χ2n) is 6.44. The van der Waals surface area contributed by atoms with E-state index in [4.69, 9.17) is 0 Å². The van der Waals surface area contributed by atoms with E-state index in [2.05, 4.69) is 26.3 Å². The quantitative estimate of drug-likeness (QED) is 0.537. The molecule has 0 aliphatic rings. The Kier molecular flexibility index (Phi) is 5.45. The average molecular weight is 370 g/mol. The fourth-order valence-corrected chi connectivity index (χ4v) is 3.08. The van der Waals surface area contributed by atoms with Crippen LogP contribution in [0.4, 0.5) is 4.39 Å². The first-order chi connectivity index (χ1) is 13.8. The van der Waals surface area contributed by atoms with Gasteiger partial charge in [-0.1, -0.05) is 12.1 Å². The van der Waals surface area contributed by atoms with Crippen molar-refractivity contribution in [3.05, 3.63) is 103 Å². The summed E-state index contributed by atoms with van der Waals surface area (Å²) in [4.78, 5) is 12.8. The highest BCUT2D eigenvalue weighted by atomic mass is 19.1. The van der Waals surface area contributed by atoms with Gasteiger partial charge in [0.05, 0.1) is 5.69 Å². The molecule has 3 aromatic heterocycles. The fraction of sp³-hybridized carbons (Fsp3) is 0.0870. The maximum atomic E-state index is 13.6. The van der Waals surface area contributed by atoms with Gasteiger partial charge in [-0.2, -0.15) is 0 Å². The number of halogens is 1. The second-order valence-corrected chi connectivity index (χ2v) is 6.44. The van der Waals surface area contributed by atoms with Gasteiger partial charge in [0.25, 0.3) is 0 Å². The minimum Gasteiger partial charge on any atom is -0.309 e. The molecule has 4 aromatic rings. The predicted octanol–water partition coefficient (Wildman–Crippen LogP) is 4.63. The Labute approximate surface area is 163 Å². The Morgan fingerprint density at radius 2 is 1.50 bits per heavy atom. The zero-order valence-electron chi connectivity index (χ0n) is 15.2. The molecule has 28 heavy (non-hydrogen) atoms. The fourth-order valence-electron chi connectivity index (χ4n) is 3.08. The first-order valence-corrected chi connectivity index (χ1v) is 9.04. The molecule has 0 radical (unpaired) electrons. The van der Waals surface area contributed by atoms with Gasteiger partial charge in [-0.25, -0.2) is 4.39 Å². The van der Waals surface area contributed by atoms with Gasteiger partial charge in [-0.15, -0.1) is 0 Å². The Morgan fingerprint density at radius 1 is 0.750 bits per heavy atom. The van der Waals surface area contributed by atoms with Crippen LogP contribution in [0.2, 0.25) is 0 Å². The first kappa shape index (κ1) is 17.9. The van der Waals surface area contributed by atoms with Crippen LogP contribution in [0.3, 0.4) is 0 Å². The molecule has 0 saturated heterocycles. The van der Waals surface area contributed by atoms with Gasteiger partial charge in [0.2, 0.25) is 0 Å². The first-order valence-electron chi connectivity index (χ1n) is 9.04. The lowest BCUT2D eigenvalue weighted by atomic mass is 10.0. The molecule has 3 heterocycles. The van der Waals surface area contributed by atoms with Crippen molar-refractivity contribution in [2.45, 2.75) is 13.1 Å². The van der Waals surface area contributed by atoms with Crippen LogP contribution in [-0.2, 0) is 13.1 Å². The van der Waals surface area contributed by atoms with Gasteiger partial charge in [0.15, 0.2) is 0 Å². The molecule has 0 atom stereocenters. The smallest absolute Gasteiger partial charge is 0.123 e. The predicted molar refractivity (Wildman–Crippen MR) is 108 cm³/mol. The van der Waals surface area contributed by atoms with Crippen LogP contribution in [-0.4, -0.2) is 15.0 Å². The maximum absolute atomic E-state index is 13.6. The van der Waals surface area contributed by atoms with E-state index >= 15 is 0 Å². The summed E-state index contributed by atoms with van der Waals surface area (Å²) in [7, 11) is 0. The van der Waals surface area contributed by atoms with Crippen LogP contribution in [0.1, 0.15) is 11.1 Å². The van der Waals surface area contributed by atoms with Crippen molar-refractivity contribution < 1.29 is 4.39 Å². The zero-order valence-corrected chi connectivity index (χ0v) is 15.2. The number of aromatic nitrogens is 3. The molecule has 5 heteroatoms. The lowest BCUT2D eigenvalue weighted by Gasteiger charge is -2.13. The van der Waals surface area contributed by atoms with Crippen LogP contribution < -0.4 is 5.32 Å². The monoisotopic (exact) mass is 370 g/mol. The van der Waals surface area contributed by atoms with Crippen LogP contribution in [0.5, 0.6) is 0 Å². The Hall–Kier alpha value is -3.44. The summed E-state index contributed by atoms with van der Waals surface area (Å²) in [5.41, 5.74) is 5.80. The SMILES string of the molecule is Fc1cccc(-c2cnc(-c3ccncc3)c(CNCc3ccncc3)c2)c1. The number of hydrogen-bond acceptors (Lipinski definition) is 4. The van der Waals surface area contributed by atoms with Crippen molar-refractivity contribution in [1.82, 2.24) is 20.3 Å². The Morgan fingerprint density at radius 3 is 2.25 bits per heavy atom. The van der Waals surface area contributed by atoms with Gasteiger partial charge in [-0.05, 0) is 59.2 Å². The van der Waals surface area contributed by atoms with Gasteiger partial charge in [0, 0.05) is 55.2 Å². The van der Waals surface area contributed by atoms with Crippen LogP contribution >= 0.6 is 0 Å². The van der Waals surface area contributed by atoms with Crippen LogP contribution in [0.15, 0.2) is 85.6 Å². The average Bonchev–Trinajstić information content (AvgIpc) is 2.75. The van der Waals surface area contributed by atoms with E-state index in [0.29, 0.717) is 6.54 Å². The van der Waals surface area contributed by atoms with Gasteiger partial charge in [0.1, 0.15) is 5.82 Å². The number of benzene rings is 1. The minimum atomic E-state index is -0.256. The molecule has 0 unspecified atom stereocenters.